The van der Waals surface area contributed by atoms with Gasteiger partial charge in [-0.25, -0.2) is 0 Å². The summed E-state index contributed by atoms with van der Waals surface area (Å²) in [5.41, 5.74) is 1.20. The predicted molar refractivity (Wildman–Crippen MR) is 91.0 cm³/mol. The van der Waals surface area contributed by atoms with Gasteiger partial charge >= 0.3 is 0 Å². The maximum absolute atomic E-state index is 12.5. The smallest absolute Gasteiger partial charge is 0.224 e. The summed E-state index contributed by atoms with van der Waals surface area (Å²) in [6.45, 7) is 7.75. The van der Waals surface area contributed by atoms with E-state index in [0.717, 1.165) is 45.5 Å². The Bertz CT molecular complexity index is 529. The lowest BCUT2D eigenvalue weighted by Crippen LogP contribution is -2.47. The van der Waals surface area contributed by atoms with Crippen LogP contribution in [0.5, 0.6) is 0 Å². The molecule has 0 radical (unpaired) electrons. The molecule has 2 heterocycles. The minimum absolute atomic E-state index is 0.120. The van der Waals surface area contributed by atoms with Gasteiger partial charge in [0.2, 0.25) is 5.91 Å². The second kappa shape index (κ2) is 7.02. The van der Waals surface area contributed by atoms with Crippen LogP contribution in [0.4, 0.5) is 0 Å². The van der Waals surface area contributed by atoms with Crippen molar-refractivity contribution in [3.8, 4) is 0 Å². The Morgan fingerprint density at radius 1 is 1.30 bits per heavy atom. The van der Waals surface area contributed by atoms with E-state index in [1.165, 1.54) is 5.56 Å². The molecule has 4 nitrogen and oxygen atoms in total. The van der Waals surface area contributed by atoms with Crippen LogP contribution in [0.1, 0.15) is 38.7 Å². The number of rotatable bonds is 4. The van der Waals surface area contributed by atoms with Crippen molar-refractivity contribution in [3.63, 3.8) is 0 Å². The Kier molecular flexibility index (Phi) is 5.02. The molecular formula is C19H28N2O2. The molecule has 0 saturated carbocycles. The molecule has 0 spiro atoms. The van der Waals surface area contributed by atoms with Gasteiger partial charge in [-0.15, -0.1) is 0 Å². The third-order valence-corrected chi connectivity index (χ3v) is 4.94. The van der Waals surface area contributed by atoms with Crippen LogP contribution in [0.3, 0.4) is 0 Å². The first kappa shape index (κ1) is 16.5. The molecule has 1 aromatic carbocycles. The highest BCUT2D eigenvalue weighted by molar-refractivity contribution is 5.79. The molecular weight excluding hydrogens is 288 g/mol. The van der Waals surface area contributed by atoms with Crippen molar-refractivity contribution >= 4 is 5.91 Å². The average molecular weight is 316 g/mol. The average Bonchev–Trinajstić information content (AvgIpc) is 2.96. The van der Waals surface area contributed by atoms with Gasteiger partial charge in [-0.3, -0.25) is 9.69 Å². The van der Waals surface area contributed by atoms with Crippen molar-refractivity contribution in [2.45, 2.75) is 51.3 Å². The zero-order valence-electron chi connectivity index (χ0n) is 14.3. The molecule has 0 unspecified atom stereocenters. The highest BCUT2D eigenvalue weighted by Crippen LogP contribution is 2.25. The van der Waals surface area contributed by atoms with E-state index in [2.05, 4.69) is 48.3 Å². The van der Waals surface area contributed by atoms with Crippen LogP contribution in [0.25, 0.3) is 0 Å². The van der Waals surface area contributed by atoms with E-state index in [4.69, 9.17) is 4.74 Å². The van der Waals surface area contributed by atoms with Crippen molar-refractivity contribution < 1.29 is 9.53 Å². The van der Waals surface area contributed by atoms with Crippen LogP contribution in [0.15, 0.2) is 30.3 Å². The SMILES string of the molecule is CC1(C)C[C@@H](NC(=O)[C@@H]2CCN(Cc3ccccc3)C2)CCO1. The molecule has 2 fully saturated rings. The lowest BCUT2D eigenvalue weighted by Gasteiger charge is -2.36. The van der Waals surface area contributed by atoms with Gasteiger partial charge in [-0.05, 0) is 45.2 Å². The summed E-state index contributed by atoms with van der Waals surface area (Å²) in [5, 5.41) is 3.26. The van der Waals surface area contributed by atoms with Gasteiger partial charge in [0.05, 0.1) is 11.5 Å². The van der Waals surface area contributed by atoms with Crippen LogP contribution >= 0.6 is 0 Å². The van der Waals surface area contributed by atoms with E-state index in [1.807, 2.05) is 6.07 Å². The highest BCUT2D eigenvalue weighted by atomic mass is 16.5. The minimum Gasteiger partial charge on any atom is -0.375 e. The van der Waals surface area contributed by atoms with Gasteiger partial charge in [-0.1, -0.05) is 30.3 Å². The lowest BCUT2D eigenvalue weighted by atomic mass is 9.93. The maximum atomic E-state index is 12.5. The summed E-state index contributed by atoms with van der Waals surface area (Å²) in [5.74, 6) is 0.355. The molecule has 0 aromatic heterocycles. The van der Waals surface area contributed by atoms with Crippen LogP contribution < -0.4 is 5.32 Å². The molecule has 1 amide bonds. The molecule has 2 aliphatic rings. The van der Waals surface area contributed by atoms with Crippen molar-refractivity contribution in [2.75, 3.05) is 19.7 Å². The Hall–Kier alpha value is -1.39. The number of nitrogens with one attached hydrogen (secondary N) is 1. The number of carbonyl (C=O) groups excluding carboxylic acids is 1. The normalized spacial score (nSPS) is 27.7. The fourth-order valence-electron chi connectivity index (χ4n) is 3.71. The number of hydrogen-bond donors (Lipinski definition) is 1. The molecule has 3 rings (SSSR count). The first-order chi connectivity index (χ1) is 11.0. The molecule has 2 saturated heterocycles. The van der Waals surface area contributed by atoms with Crippen molar-refractivity contribution in [1.29, 1.82) is 0 Å². The largest absolute Gasteiger partial charge is 0.375 e. The number of benzene rings is 1. The zero-order chi connectivity index (χ0) is 16.3. The van der Waals surface area contributed by atoms with E-state index in [0.29, 0.717) is 0 Å². The standard InChI is InChI=1S/C19H28N2O2/c1-19(2)12-17(9-11-23-19)20-18(22)16-8-10-21(14-16)13-15-6-4-3-5-7-15/h3-7,16-17H,8-14H2,1-2H3,(H,20,22)/t16-,17+/m1/s1. The molecule has 1 N–H and O–H groups in total. The quantitative estimate of drug-likeness (QED) is 0.928. The van der Waals surface area contributed by atoms with Gasteiger partial charge in [0.25, 0.3) is 0 Å². The van der Waals surface area contributed by atoms with Crippen LogP contribution in [0, 0.1) is 5.92 Å². The number of nitrogens with zero attached hydrogens (tertiary/aromatic N) is 1. The van der Waals surface area contributed by atoms with Gasteiger partial charge in [0.15, 0.2) is 0 Å². The number of carbonyl (C=O) groups is 1. The van der Waals surface area contributed by atoms with E-state index in [1.54, 1.807) is 0 Å². The van der Waals surface area contributed by atoms with Crippen LogP contribution in [0.2, 0.25) is 0 Å². The molecule has 2 atom stereocenters. The topological polar surface area (TPSA) is 41.6 Å². The maximum Gasteiger partial charge on any atom is 0.224 e. The monoisotopic (exact) mass is 316 g/mol. The molecule has 4 heteroatoms. The molecule has 0 bridgehead atoms. The van der Waals surface area contributed by atoms with Gasteiger partial charge in [0.1, 0.15) is 0 Å². The fraction of sp³-hybridized carbons (Fsp3) is 0.632. The molecule has 2 aliphatic heterocycles. The first-order valence-electron chi connectivity index (χ1n) is 8.72. The van der Waals surface area contributed by atoms with E-state index >= 15 is 0 Å². The van der Waals surface area contributed by atoms with E-state index in [9.17, 15) is 4.79 Å². The second-order valence-electron chi connectivity index (χ2n) is 7.51. The number of ether oxygens (including phenoxy) is 1. The third-order valence-electron chi connectivity index (χ3n) is 4.94. The fourth-order valence-corrected chi connectivity index (χ4v) is 3.71. The summed E-state index contributed by atoms with van der Waals surface area (Å²) in [6, 6.07) is 10.7. The van der Waals surface area contributed by atoms with Crippen molar-refractivity contribution in [1.82, 2.24) is 10.2 Å². The number of likely N-dealkylation sites (tertiary alicyclic amines) is 1. The van der Waals surface area contributed by atoms with Gasteiger partial charge < -0.3 is 10.1 Å². The summed E-state index contributed by atoms with van der Waals surface area (Å²) < 4.78 is 5.73. The van der Waals surface area contributed by atoms with Gasteiger partial charge in [-0.2, -0.15) is 0 Å². The highest BCUT2D eigenvalue weighted by Gasteiger charge is 2.33. The first-order valence-corrected chi connectivity index (χ1v) is 8.72. The van der Waals surface area contributed by atoms with E-state index in [-0.39, 0.29) is 23.5 Å². The Balaban J connectivity index is 1.48. The Morgan fingerprint density at radius 2 is 2.09 bits per heavy atom. The predicted octanol–water partition coefficient (Wildman–Crippen LogP) is 2.58. The number of amides is 1. The lowest BCUT2D eigenvalue weighted by molar-refractivity contribution is -0.127. The minimum atomic E-state index is -0.120. The Labute approximate surface area is 139 Å². The summed E-state index contributed by atoms with van der Waals surface area (Å²) in [7, 11) is 0. The third kappa shape index (κ3) is 4.55. The molecule has 1 aromatic rings. The van der Waals surface area contributed by atoms with Crippen molar-refractivity contribution in [2.24, 2.45) is 5.92 Å². The Morgan fingerprint density at radius 3 is 2.83 bits per heavy atom. The second-order valence-corrected chi connectivity index (χ2v) is 7.51. The van der Waals surface area contributed by atoms with Crippen LogP contribution in [-0.4, -0.2) is 42.1 Å². The molecule has 0 aliphatic carbocycles. The van der Waals surface area contributed by atoms with E-state index < -0.39 is 0 Å². The van der Waals surface area contributed by atoms with Crippen molar-refractivity contribution in [3.05, 3.63) is 35.9 Å². The summed E-state index contributed by atoms with van der Waals surface area (Å²) in [4.78, 5) is 14.9. The molecule has 126 valence electrons. The zero-order valence-corrected chi connectivity index (χ0v) is 14.3. The molecule has 23 heavy (non-hydrogen) atoms. The summed E-state index contributed by atoms with van der Waals surface area (Å²) in [6.07, 6.45) is 2.79. The van der Waals surface area contributed by atoms with Gasteiger partial charge in [0, 0.05) is 25.7 Å². The number of hydrogen-bond acceptors (Lipinski definition) is 3. The van der Waals surface area contributed by atoms with Crippen LogP contribution in [-0.2, 0) is 16.1 Å². The summed E-state index contributed by atoms with van der Waals surface area (Å²) >= 11 is 0.